The molecule has 46 heavy (non-hydrogen) atoms. The minimum Gasteiger partial charge on any atom is -0.285 e. The number of aromatic nitrogens is 1. The number of allylic oxidation sites excluding steroid dienone is 6. The highest BCUT2D eigenvalue weighted by molar-refractivity contribution is 6.21. The van der Waals surface area contributed by atoms with E-state index in [1.165, 1.54) is 88.3 Å². The number of rotatable bonds is 2. The molecule has 214 valence electrons. The Labute approximate surface area is 267 Å². The average molecular weight is 585 g/mol. The predicted octanol–water partition coefficient (Wildman–Crippen LogP) is 11.0. The third kappa shape index (κ3) is 3.11. The summed E-state index contributed by atoms with van der Waals surface area (Å²) in [7, 11) is 0. The minimum absolute atomic E-state index is 0.0474. The molecule has 3 unspecified atom stereocenters. The molecule has 0 fully saturated rings. The van der Waals surface area contributed by atoms with Crippen LogP contribution in [0.5, 0.6) is 0 Å². The van der Waals surface area contributed by atoms with Crippen LogP contribution in [0, 0.1) is 5.92 Å². The van der Waals surface area contributed by atoms with Gasteiger partial charge in [0, 0.05) is 36.2 Å². The number of pyridine rings is 1. The Morgan fingerprint density at radius 1 is 0.674 bits per heavy atom. The number of nitrogens with zero attached hydrogens (tertiary/aromatic N) is 2. The summed E-state index contributed by atoms with van der Waals surface area (Å²) in [5, 5.41) is 5.19. The molecule has 0 bridgehead atoms. The maximum absolute atomic E-state index is 5.17. The van der Waals surface area contributed by atoms with Gasteiger partial charge in [0.25, 0.3) is 0 Å². The summed E-state index contributed by atoms with van der Waals surface area (Å²) in [5.41, 5.74) is 17.1. The molecule has 0 saturated heterocycles. The second-order valence-electron chi connectivity index (χ2n) is 13.1. The molecule has 2 nitrogen and oxygen atoms in total. The number of benzene rings is 5. The Hall–Kier alpha value is -5.60. The monoisotopic (exact) mass is 584 g/mol. The summed E-state index contributed by atoms with van der Waals surface area (Å²) in [4.78, 5) is 10.2. The minimum atomic E-state index is -0.0474. The van der Waals surface area contributed by atoms with Crippen molar-refractivity contribution in [2.45, 2.75) is 18.4 Å². The number of fused-ring (bicyclic) bond motifs is 9. The SMILES string of the molecule is C1=CC2c3ccccc3C=C3c4c(c(C5C=CCC=N5)c5cc6c(cc5c4-c4ccccn4)-c4cccc5cccc-6c45)C(=C1)C32. The van der Waals surface area contributed by atoms with E-state index in [2.05, 4.69) is 128 Å². The van der Waals surface area contributed by atoms with Gasteiger partial charge >= 0.3 is 0 Å². The first kappa shape index (κ1) is 24.7. The van der Waals surface area contributed by atoms with Gasteiger partial charge in [-0.15, -0.1) is 0 Å². The van der Waals surface area contributed by atoms with Gasteiger partial charge in [-0.3, -0.25) is 9.98 Å². The number of hydrogen-bond acceptors (Lipinski definition) is 2. The molecule has 3 atom stereocenters. The smallest absolute Gasteiger partial charge is 0.0938 e. The largest absolute Gasteiger partial charge is 0.285 e. The molecule has 0 amide bonds. The van der Waals surface area contributed by atoms with Gasteiger partial charge in [0.05, 0.1) is 11.7 Å². The average Bonchev–Trinajstić information content (AvgIpc) is 3.61. The molecule has 0 saturated carbocycles. The molecular formula is C44H28N2. The van der Waals surface area contributed by atoms with Crippen LogP contribution in [0.25, 0.3) is 72.3 Å². The molecule has 11 rings (SSSR count). The van der Waals surface area contributed by atoms with Crippen molar-refractivity contribution in [2.24, 2.45) is 10.9 Å². The second-order valence-corrected chi connectivity index (χ2v) is 13.1. The van der Waals surface area contributed by atoms with E-state index in [-0.39, 0.29) is 12.0 Å². The van der Waals surface area contributed by atoms with Gasteiger partial charge in [-0.25, -0.2) is 0 Å². The number of aliphatic imine (C=N–C) groups is 1. The topological polar surface area (TPSA) is 25.2 Å². The number of hydrogen-bond donors (Lipinski definition) is 0. The van der Waals surface area contributed by atoms with Crippen LogP contribution in [0.2, 0.25) is 0 Å². The Morgan fingerprint density at radius 2 is 1.50 bits per heavy atom. The summed E-state index contributed by atoms with van der Waals surface area (Å²) in [6.07, 6.45) is 19.1. The first-order valence-corrected chi connectivity index (χ1v) is 16.3. The van der Waals surface area contributed by atoms with Crippen molar-refractivity contribution in [1.29, 1.82) is 0 Å². The van der Waals surface area contributed by atoms with Gasteiger partial charge in [0.2, 0.25) is 0 Å². The van der Waals surface area contributed by atoms with Crippen LogP contribution in [0.1, 0.15) is 46.2 Å². The summed E-state index contributed by atoms with van der Waals surface area (Å²) in [6.45, 7) is 0. The molecule has 2 heteroatoms. The van der Waals surface area contributed by atoms with Crippen molar-refractivity contribution < 1.29 is 0 Å². The molecule has 2 heterocycles. The third-order valence-corrected chi connectivity index (χ3v) is 10.9. The van der Waals surface area contributed by atoms with Crippen LogP contribution in [-0.4, -0.2) is 11.2 Å². The van der Waals surface area contributed by atoms with Gasteiger partial charge in [-0.2, -0.15) is 0 Å². The van der Waals surface area contributed by atoms with Crippen LogP contribution in [-0.2, 0) is 0 Å². The van der Waals surface area contributed by atoms with Crippen molar-refractivity contribution in [3.05, 3.63) is 155 Å². The maximum Gasteiger partial charge on any atom is 0.0938 e. The lowest BCUT2D eigenvalue weighted by Crippen LogP contribution is -2.17. The molecule has 5 aliphatic rings. The third-order valence-electron chi connectivity index (χ3n) is 10.9. The van der Waals surface area contributed by atoms with E-state index in [1.54, 1.807) is 0 Å². The Kier molecular flexibility index (Phi) is 4.82. The quantitative estimate of drug-likeness (QED) is 0.186. The van der Waals surface area contributed by atoms with Crippen LogP contribution >= 0.6 is 0 Å². The Morgan fingerprint density at radius 3 is 2.30 bits per heavy atom. The van der Waals surface area contributed by atoms with Crippen LogP contribution in [0.15, 0.2) is 133 Å². The lowest BCUT2D eigenvalue weighted by Gasteiger charge is -2.31. The fourth-order valence-corrected chi connectivity index (χ4v) is 9.13. The molecular weight excluding hydrogens is 556 g/mol. The van der Waals surface area contributed by atoms with E-state index >= 15 is 0 Å². The van der Waals surface area contributed by atoms with Gasteiger partial charge < -0.3 is 0 Å². The second kappa shape index (κ2) is 8.99. The van der Waals surface area contributed by atoms with Crippen LogP contribution in [0.4, 0.5) is 0 Å². The van der Waals surface area contributed by atoms with Crippen molar-refractivity contribution in [3.63, 3.8) is 0 Å². The van der Waals surface area contributed by atoms with Gasteiger partial charge in [0.1, 0.15) is 0 Å². The van der Waals surface area contributed by atoms with Crippen LogP contribution in [0.3, 0.4) is 0 Å². The lowest BCUT2D eigenvalue weighted by atomic mass is 9.71. The lowest BCUT2D eigenvalue weighted by molar-refractivity contribution is 0.737. The molecule has 0 radical (unpaired) electrons. The van der Waals surface area contributed by atoms with Crippen molar-refractivity contribution in [1.82, 2.24) is 4.98 Å². The first-order valence-electron chi connectivity index (χ1n) is 16.3. The van der Waals surface area contributed by atoms with E-state index in [0.29, 0.717) is 5.92 Å². The van der Waals surface area contributed by atoms with E-state index in [9.17, 15) is 0 Å². The van der Waals surface area contributed by atoms with E-state index in [1.807, 2.05) is 12.3 Å². The Balaban J connectivity index is 1.35. The number of dihydropyridines is 1. The van der Waals surface area contributed by atoms with Gasteiger partial charge in [-0.1, -0.05) is 103 Å². The van der Waals surface area contributed by atoms with Crippen LogP contribution < -0.4 is 0 Å². The highest BCUT2D eigenvalue weighted by atomic mass is 14.8. The summed E-state index contributed by atoms with van der Waals surface area (Å²) >= 11 is 0. The molecule has 4 aliphatic carbocycles. The standard InChI is InChI=1S/C44H28N2/c1-2-13-27-26(10-1)22-36-40-28(27)16-9-17-31(40)43-41(37-18-3-5-20-45-37)34-23-32-29-14-7-11-25-12-8-15-30(39(25)29)33(32)24-35(34)42(44(36)43)38-19-4-6-21-46-38/h1-4,6-24,28,37,40H,5H2. The van der Waals surface area contributed by atoms with Gasteiger partial charge in [0.15, 0.2) is 0 Å². The van der Waals surface area contributed by atoms with Crippen molar-refractivity contribution >= 4 is 45.0 Å². The zero-order valence-electron chi connectivity index (χ0n) is 25.1. The summed E-state index contributed by atoms with van der Waals surface area (Å²) in [6, 6.07) is 33.7. The zero-order valence-corrected chi connectivity index (χ0v) is 25.1. The maximum atomic E-state index is 5.17. The highest BCUT2D eigenvalue weighted by Crippen LogP contribution is 2.63. The molecule has 6 aromatic rings. The molecule has 1 aromatic heterocycles. The first-order chi connectivity index (χ1) is 22.8. The predicted molar refractivity (Wildman–Crippen MR) is 192 cm³/mol. The van der Waals surface area contributed by atoms with E-state index in [4.69, 9.17) is 9.98 Å². The normalized spacial score (nSPS) is 20.7. The highest BCUT2D eigenvalue weighted by Gasteiger charge is 2.45. The van der Waals surface area contributed by atoms with Crippen molar-refractivity contribution in [3.8, 4) is 33.5 Å². The summed E-state index contributed by atoms with van der Waals surface area (Å²) < 4.78 is 0. The van der Waals surface area contributed by atoms with Gasteiger partial charge in [-0.05, 0) is 107 Å². The fourth-order valence-electron chi connectivity index (χ4n) is 9.13. The molecule has 1 aliphatic heterocycles. The van der Waals surface area contributed by atoms with Crippen molar-refractivity contribution in [2.75, 3.05) is 0 Å². The molecule has 0 N–H and O–H groups in total. The van der Waals surface area contributed by atoms with E-state index < -0.39 is 0 Å². The zero-order chi connectivity index (χ0) is 29.9. The molecule has 5 aromatic carbocycles. The van der Waals surface area contributed by atoms with E-state index in [0.717, 1.165) is 12.1 Å². The Bertz CT molecular complexity index is 2490. The fraction of sp³-hybridized carbons (Fsp3) is 0.0909. The molecule has 0 spiro atoms. The summed E-state index contributed by atoms with van der Waals surface area (Å²) in [5.74, 6) is 0.571.